The fraction of sp³-hybridized carbons (Fsp3) is 0.875. The van der Waals surface area contributed by atoms with Crippen LogP contribution in [-0.4, -0.2) is 41.1 Å². The van der Waals surface area contributed by atoms with Crippen LogP contribution in [0.25, 0.3) is 0 Å². The van der Waals surface area contributed by atoms with Crippen LogP contribution in [0.5, 0.6) is 0 Å². The molecular weight excluding hydrogens is 156 g/mol. The predicted octanol–water partition coefficient (Wildman–Crippen LogP) is -0.826. The molecule has 1 aliphatic rings. The number of hydrogen-bond donors (Lipinski definition) is 2. The molecule has 4 heteroatoms. The van der Waals surface area contributed by atoms with Crippen LogP contribution >= 0.6 is 0 Å². The summed E-state index contributed by atoms with van der Waals surface area (Å²) in [6.45, 7) is 4.78. The van der Waals surface area contributed by atoms with Crippen molar-refractivity contribution in [3.63, 3.8) is 0 Å². The monoisotopic (exact) mass is 172 g/mol. The van der Waals surface area contributed by atoms with Crippen molar-refractivity contribution in [3.05, 3.63) is 0 Å². The van der Waals surface area contributed by atoms with Crippen molar-refractivity contribution in [1.29, 1.82) is 0 Å². The average Bonchev–Trinajstić information content (AvgIpc) is 1.97. The first-order chi connectivity index (χ1) is 5.46. The highest BCUT2D eigenvalue weighted by Crippen LogP contribution is 2.21. The highest BCUT2D eigenvalue weighted by Gasteiger charge is 2.40. The number of rotatable bonds is 2. The number of hydrogen-bond acceptors (Lipinski definition) is 3. The molecule has 0 bridgehead atoms. The standard InChI is InChI=1S/C8H16N2O2/c1-6(3-9)7(11)10-4-8(2,12)5-10/h6,12H,3-5,9H2,1-2H3. The first-order valence-corrected chi connectivity index (χ1v) is 4.17. The Bertz CT molecular complexity index is 183. The van der Waals surface area contributed by atoms with Gasteiger partial charge in [-0.2, -0.15) is 0 Å². The zero-order chi connectivity index (χ0) is 9.35. The van der Waals surface area contributed by atoms with E-state index in [-0.39, 0.29) is 11.8 Å². The van der Waals surface area contributed by atoms with E-state index >= 15 is 0 Å². The molecule has 12 heavy (non-hydrogen) atoms. The third-order valence-electron chi connectivity index (χ3n) is 2.15. The average molecular weight is 172 g/mol. The lowest BCUT2D eigenvalue weighted by atomic mass is 9.95. The first kappa shape index (κ1) is 9.48. The zero-order valence-corrected chi connectivity index (χ0v) is 7.58. The van der Waals surface area contributed by atoms with Gasteiger partial charge in [0.05, 0.1) is 18.7 Å². The lowest BCUT2D eigenvalue weighted by molar-refractivity contribution is -0.155. The van der Waals surface area contributed by atoms with E-state index in [1.165, 1.54) is 0 Å². The maximum atomic E-state index is 11.4. The minimum atomic E-state index is -0.677. The lowest BCUT2D eigenvalue weighted by Gasteiger charge is -2.45. The summed E-state index contributed by atoms with van der Waals surface area (Å²) in [5.41, 5.74) is 4.67. The van der Waals surface area contributed by atoms with Gasteiger partial charge in [0.15, 0.2) is 0 Å². The van der Waals surface area contributed by atoms with E-state index in [0.29, 0.717) is 19.6 Å². The van der Waals surface area contributed by atoms with E-state index in [1.807, 2.05) is 0 Å². The topological polar surface area (TPSA) is 66.6 Å². The third-order valence-corrected chi connectivity index (χ3v) is 2.15. The highest BCUT2D eigenvalue weighted by molar-refractivity contribution is 5.79. The second-order valence-corrected chi connectivity index (χ2v) is 3.83. The van der Waals surface area contributed by atoms with Crippen molar-refractivity contribution in [2.24, 2.45) is 11.7 Å². The number of nitrogens with two attached hydrogens (primary N) is 1. The van der Waals surface area contributed by atoms with E-state index in [0.717, 1.165) is 0 Å². The Kier molecular flexibility index (Phi) is 2.39. The predicted molar refractivity (Wildman–Crippen MR) is 45.4 cm³/mol. The number of β-amino-alcohol motifs (C(OH)–C–C–N with tert-alkyl or cyclic N) is 1. The fourth-order valence-electron chi connectivity index (χ4n) is 1.34. The first-order valence-electron chi connectivity index (χ1n) is 4.17. The molecule has 1 rings (SSSR count). The molecule has 1 heterocycles. The van der Waals surface area contributed by atoms with Crippen LogP contribution in [0.15, 0.2) is 0 Å². The smallest absolute Gasteiger partial charge is 0.226 e. The molecule has 4 nitrogen and oxygen atoms in total. The van der Waals surface area contributed by atoms with Gasteiger partial charge in [0.1, 0.15) is 0 Å². The van der Waals surface area contributed by atoms with E-state index < -0.39 is 5.60 Å². The number of nitrogens with zero attached hydrogens (tertiary/aromatic N) is 1. The minimum Gasteiger partial charge on any atom is -0.386 e. The molecule has 1 atom stereocenters. The van der Waals surface area contributed by atoms with Gasteiger partial charge in [-0.25, -0.2) is 0 Å². The highest BCUT2D eigenvalue weighted by atomic mass is 16.3. The molecule has 0 aromatic rings. The van der Waals surface area contributed by atoms with Gasteiger partial charge in [-0.3, -0.25) is 4.79 Å². The molecule has 0 aromatic heterocycles. The van der Waals surface area contributed by atoms with Crippen molar-refractivity contribution >= 4 is 5.91 Å². The van der Waals surface area contributed by atoms with Crippen LogP contribution in [0.2, 0.25) is 0 Å². The van der Waals surface area contributed by atoms with Crippen LogP contribution in [-0.2, 0) is 4.79 Å². The van der Waals surface area contributed by atoms with Gasteiger partial charge in [-0.15, -0.1) is 0 Å². The van der Waals surface area contributed by atoms with Gasteiger partial charge in [0, 0.05) is 12.5 Å². The van der Waals surface area contributed by atoms with Gasteiger partial charge in [0.25, 0.3) is 0 Å². The Balaban J connectivity index is 2.38. The minimum absolute atomic E-state index is 0.0454. The summed E-state index contributed by atoms with van der Waals surface area (Å²) >= 11 is 0. The van der Waals surface area contributed by atoms with Crippen molar-refractivity contribution in [3.8, 4) is 0 Å². The molecule has 0 spiro atoms. The number of carbonyl (C=O) groups is 1. The summed E-state index contributed by atoms with van der Waals surface area (Å²) in [6, 6.07) is 0. The van der Waals surface area contributed by atoms with Gasteiger partial charge < -0.3 is 15.7 Å². The van der Waals surface area contributed by atoms with Crippen molar-refractivity contribution in [1.82, 2.24) is 4.90 Å². The second-order valence-electron chi connectivity index (χ2n) is 3.83. The number of likely N-dealkylation sites (tertiary alicyclic amines) is 1. The molecule has 0 radical (unpaired) electrons. The van der Waals surface area contributed by atoms with Crippen LogP contribution in [0.4, 0.5) is 0 Å². The maximum absolute atomic E-state index is 11.4. The third kappa shape index (κ3) is 1.76. The largest absolute Gasteiger partial charge is 0.386 e. The fourth-order valence-corrected chi connectivity index (χ4v) is 1.34. The van der Waals surface area contributed by atoms with Crippen LogP contribution in [0.1, 0.15) is 13.8 Å². The second kappa shape index (κ2) is 3.03. The molecule has 1 amide bonds. The Hall–Kier alpha value is -0.610. The molecule has 0 aliphatic carbocycles. The van der Waals surface area contributed by atoms with E-state index in [4.69, 9.17) is 5.73 Å². The van der Waals surface area contributed by atoms with Gasteiger partial charge >= 0.3 is 0 Å². The molecule has 1 aliphatic heterocycles. The van der Waals surface area contributed by atoms with E-state index in [1.54, 1.807) is 18.7 Å². The summed E-state index contributed by atoms with van der Waals surface area (Å²) in [7, 11) is 0. The van der Waals surface area contributed by atoms with E-state index in [9.17, 15) is 9.90 Å². The molecule has 1 fully saturated rings. The zero-order valence-electron chi connectivity index (χ0n) is 7.58. The Morgan fingerprint density at radius 2 is 2.25 bits per heavy atom. The summed E-state index contributed by atoms with van der Waals surface area (Å²) in [5, 5.41) is 9.36. The molecular formula is C8H16N2O2. The Labute approximate surface area is 72.3 Å². The maximum Gasteiger partial charge on any atom is 0.226 e. The summed E-state index contributed by atoms with van der Waals surface area (Å²) < 4.78 is 0. The number of carbonyl (C=O) groups excluding carboxylic acids is 1. The normalized spacial score (nSPS) is 23.2. The summed E-state index contributed by atoms with van der Waals surface area (Å²) in [4.78, 5) is 13.0. The number of amides is 1. The van der Waals surface area contributed by atoms with Crippen LogP contribution < -0.4 is 5.73 Å². The van der Waals surface area contributed by atoms with Gasteiger partial charge in [-0.1, -0.05) is 6.92 Å². The van der Waals surface area contributed by atoms with Crippen molar-refractivity contribution < 1.29 is 9.90 Å². The van der Waals surface area contributed by atoms with Crippen LogP contribution in [0, 0.1) is 5.92 Å². The Morgan fingerprint density at radius 3 is 2.58 bits per heavy atom. The van der Waals surface area contributed by atoms with Crippen LogP contribution in [0.3, 0.4) is 0 Å². The molecule has 1 unspecified atom stereocenters. The molecule has 0 saturated carbocycles. The summed E-state index contributed by atoms with van der Waals surface area (Å²) in [5.74, 6) is -0.0786. The van der Waals surface area contributed by atoms with Gasteiger partial charge in [-0.05, 0) is 6.92 Å². The Morgan fingerprint density at radius 1 is 1.75 bits per heavy atom. The quantitative estimate of drug-likeness (QED) is 0.571. The van der Waals surface area contributed by atoms with E-state index in [2.05, 4.69) is 0 Å². The SMILES string of the molecule is CC(CN)C(=O)N1CC(C)(O)C1. The molecule has 1 saturated heterocycles. The molecule has 0 aromatic carbocycles. The molecule has 70 valence electrons. The lowest BCUT2D eigenvalue weighted by Crippen LogP contribution is -2.63. The van der Waals surface area contributed by atoms with Crippen molar-refractivity contribution in [2.75, 3.05) is 19.6 Å². The summed E-state index contributed by atoms with van der Waals surface area (Å²) in [6.07, 6.45) is 0. The van der Waals surface area contributed by atoms with Crippen molar-refractivity contribution in [2.45, 2.75) is 19.4 Å². The van der Waals surface area contributed by atoms with Gasteiger partial charge in [0.2, 0.25) is 5.91 Å². The molecule has 3 N–H and O–H groups in total. The number of aliphatic hydroxyl groups is 1.